The van der Waals surface area contributed by atoms with Gasteiger partial charge in [-0.2, -0.15) is 0 Å². The molecule has 9 heteroatoms. The first-order chi connectivity index (χ1) is 12.9. The van der Waals surface area contributed by atoms with Gasteiger partial charge in [0, 0.05) is 13.6 Å². The Labute approximate surface area is 182 Å². The normalized spacial score (nSPS) is 11.5. The molecule has 0 aliphatic heterocycles. The Hall–Kier alpha value is -1.88. The topological polar surface area (TPSA) is 79.8 Å². The van der Waals surface area contributed by atoms with Crippen LogP contribution in [0.3, 0.4) is 0 Å². The molecule has 0 saturated carbocycles. The number of hydrogen-bond acceptors (Lipinski definition) is 4. The molecule has 0 aliphatic carbocycles. The molecule has 0 radical (unpaired) electrons. The minimum absolute atomic E-state index is 0. The molecule has 0 heterocycles. The first-order valence-corrected chi connectivity index (χ1v) is 10.2. The van der Waals surface area contributed by atoms with Gasteiger partial charge < -0.3 is 15.4 Å². The van der Waals surface area contributed by atoms with Gasteiger partial charge in [-0.1, -0.05) is 29.8 Å². The van der Waals surface area contributed by atoms with Crippen molar-refractivity contribution in [3.63, 3.8) is 0 Å². The minimum Gasteiger partial charge on any atom is -0.492 e. The summed E-state index contributed by atoms with van der Waals surface area (Å²) >= 11 is 0. The Bertz CT molecular complexity index is 874. The Kier molecular flexibility index (Phi) is 10.2. The molecular formula is C19H25FIN3O3S. The molecule has 0 aliphatic rings. The van der Waals surface area contributed by atoms with Crippen molar-refractivity contribution in [2.45, 2.75) is 11.8 Å². The number of aryl methyl sites for hydroxylation is 1. The Morgan fingerprint density at radius 3 is 2.36 bits per heavy atom. The van der Waals surface area contributed by atoms with Crippen molar-refractivity contribution in [1.29, 1.82) is 0 Å². The first kappa shape index (κ1) is 24.2. The van der Waals surface area contributed by atoms with Gasteiger partial charge >= 0.3 is 0 Å². The van der Waals surface area contributed by atoms with E-state index in [9.17, 15) is 12.8 Å². The highest BCUT2D eigenvalue weighted by atomic mass is 127. The summed E-state index contributed by atoms with van der Waals surface area (Å²) in [5.74, 6) is 0.245. The van der Waals surface area contributed by atoms with Crippen molar-refractivity contribution in [2.75, 3.05) is 32.5 Å². The molecule has 0 fully saturated rings. The maximum absolute atomic E-state index is 13.7. The van der Waals surface area contributed by atoms with E-state index in [1.54, 1.807) is 7.05 Å². The standard InChI is InChI=1S/C19H24FN3O3S.HI/c1-15-7-9-16(10-8-15)26-13-11-22-19(21-2)23-12-14-27(24,25)18-6-4-3-5-17(18)20;/h3-10H,11-14H2,1-2H3,(H2,21,22,23);1H. The number of ether oxygens (including phenoxy) is 1. The van der Waals surface area contributed by atoms with Crippen LogP contribution in [0.15, 0.2) is 58.4 Å². The largest absolute Gasteiger partial charge is 0.492 e. The number of nitrogens with one attached hydrogen (secondary N) is 2. The van der Waals surface area contributed by atoms with E-state index in [4.69, 9.17) is 4.74 Å². The highest BCUT2D eigenvalue weighted by Gasteiger charge is 2.18. The SMILES string of the molecule is CN=C(NCCOc1ccc(C)cc1)NCCS(=O)(=O)c1ccccc1F.I. The fourth-order valence-electron chi connectivity index (χ4n) is 2.30. The van der Waals surface area contributed by atoms with Gasteiger partial charge in [0.1, 0.15) is 23.1 Å². The minimum atomic E-state index is -3.70. The van der Waals surface area contributed by atoms with E-state index in [0.29, 0.717) is 19.1 Å². The van der Waals surface area contributed by atoms with Crippen molar-refractivity contribution in [3.05, 3.63) is 59.9 Å². The summed E-state index contributed by atoms with van der Waals surface area (Å²) in [5.41, 5.74) is 1.16. The third-order valence-corrected chi connectivity index (χ3v) is 5.49. The predicted octanol–water partition coefficient (Wildman–Crippen LogP) is 2.77. The number of rotatable bonds is 8. The molecule has 2 aromatic carbocycles. The van der Waals surface area contributed by atoms with Crippen LogP contribution in [-0.2, 0) is 9.84 Å². The van der Waals surface area contributed by atoms with Crippen molar-refractivity contribution in [3.8, 4) is 5.75 Å². The van der Waals surface area contributed by atoms with E-state index in [1.165, 1.54) is 18.2 Å². The van der Waals surface area contributed by atoms with E-state index in [1.807, 2.05) is 31.2 Å². The summed E-state index contributed by atoms with van der Waals surface area (Å²) in [6.07, 6.45) is 0. The Balaban J connectivity index is 0.00000392. The van der Waals surface area contributed by atoms with Crippen molar-refractivity contribution >= 4 is 39.8 Å². The van der Waals surface area contributed by atoms with Crippen LogP contribution >= 0.6 is 24.0 Å². The van der Waals surface area contributed by atoms with Crippen LogP contribution in [0.5, 0.6) is 5.75 Å². The molecule has 6 nitrogen and oxygen atoms in total. The highest BCUT2D eigenvalue weighted by molar-refractivity contribution is 14.0. The molecule has 0 amide bonds. The van der Waals surface area contributed by atoms with Gasteiger partial charge in [-0.3, -0.25) is 4.99 Å². The van der Waals surface area contributed by atoms with Gasteiger partial charge in [-0.05, 0) is 31.2 Å². The molecule has 154 valence electrons. The van der Waals surface area contributed by atoms with Crippen LogP contribution < -0.4 is 15.4 Å². The number of guanidine groups is 1. The number of nitrogens with zero attached hydrogens (tertiary/aromatic N) is 1. The zero-order valence-corrected chi connectivity index (χ0v) is 19.0. The van der Waals surface area contributed by atoms with Crippen LogP contribution in [0, 0.1) is 12.7 Å². The molecule has 0 saturated heterocycles. The lowest BCUT2D eigenvalue weighted by atomic mass is 10.2. The summed E-state index contributed by atoms with van der Waals surface area (Å²) in [6, 6.07) is 13.1. The lowest BCUT2D eigenvalue weighted by Crippen LogP contribution is -2.41. The zero-order chi connectivity index (χ0) is 19.7. The van der Waals surface area contributed by atoms with Crippen LogP contribution in [0.4, 0.5) is 4.39 Å². The molecule has 0 bridgehead atoms. The van der Waals surface area contributed by atoms with E-state index in [-0.39, 0.29) is 41.2 Å². The van der Waals surface area contributed by atoms with E-state index < -0.39 is 15.7 Å². The smallest absolute Gasteiger partial charge is 0.191 e. The van der Waals surface area contributed by atoms with Gasteiger partial charge in [0.2, 0.25) is 0 Å². The van der Waals surface area contributed by atoms with Gasteiger partial charge in [0.05, 0.1) is 12.3 Å². The van der Waals surface area contributed by atoms with Crippen molar-refractivity contribution in [2.24, 2.45) is 4.99 Å². The van der Waals surface area contributed by atoms with Crippen molar-refractivity contribution in [1.82, 2.24) is 10.6 Å². The van der Waals surface area contributed by atoms with Crippen LogP contribution in [0.2, 0.25) is 0 Å². The molecule has 2 rings (SSSR count). The molecule has 2 N–H and O–H groups in total. The number of sulfone groups is 1. The molecule has 0 aromatic heterocycles. The van der Waals surface area contributed by atoms with E-state index >= 15 is 0 Å². The average molecular weight is 521 g/mol. The lowest BCUT2D eigenvalue weighted by Gasteiger charge is -2.13. The second-order valence-corrected chi connectivity index (χ2v) is 7.91. The monoisotopic (exact) mass is 521 g/mol. The summed E-state index contributed by atoms with van der Waals surface area (Å²) in [5, 5.41) is 5.94. The van der Waals surface area contributed by atoms with Gasteiger partial charge in [-0.15, -0.1) is 24.0 Å². The maximum atomic E-state index is 13.7. The third kappa shape index (κ3) is 7.63. The molecular weight excluding hydrogens is 496 g/mol. The number of aliphatic imine (C=N–C) groups is 1. The molecule has 0 spiro atoms. The van der Waals surface area contributed by atoms with E-state index in [0.717, 1.165) is 17.4 Å². The average Bonchev–Trinajstić information content (AvgIpc) is 2.65. The molecule has 2 aromatic rings. The zero-order valence-electron chi connectivity index (χ0n) is 15.8. The Morgan fingerprint density at radius 1 is 1.07 bits per heavy atom. The summed E-state index contributed by atoms with van der Waals surface area (Å²) < 4.78 is 43.7. The van der Waals surface area contributed by atoms with Gasteiger partial charge in [0.25, 0.3) is 0 Å². The third-order valence-electron chi connectivity index (χ3n) is 3.74. The number of benzene rings is 2. The van der Waals surface area contributed by atoms with Gasteiger partial charge in [-0.25, -0.2) is 12.8 Å². The quantitative estimate of drug-likeness (QED) is 0.242. The predicted molar refractivity (Wildman–Crippen MR) is 120 cm³/mol. The number of hydrogen-bond donors (Lipinski definition) is 2. The summed E-state index contributed by atoms with van der Waals surface area (Å²) in [6.45, 7) is 3.04. The fraction of sp³-hybridized carbons (Fsp3) is 0.316. The number of halogens is 2. The van der Waals surface area contributed by atoms with E-state index in [2.05, 4.69) is 15.6 Å². The Morgan fingerprint density at radius 2 is 1.71 bits per heavy atom. The molecule has 28 heavy (non-hydrogen) atoms. The van der Waals surface area contributed by atoms with Crippen LogP contribution in [0.25, 0.3) is 0 Å². The molecule has 0 atom stereocenters. The maximum Gasteiger partial charge on any atom is 0.191 e. The van der Waals surface area contributed by atoms with Gasteiger partial charge in [0.15, 0.2) is 15.8 Å². The highest BCUT2D eigenvalue weighted by Crippen LogP contribution is 2.14. The first-order valence-electron chi connectivity index (χ1n) is 8.53. The van der Waals surface area contributed by atoms with Crippen molar-refractivity contribution < 1.29 is 17.5 Å². The van der Waals surface area contributed by atoms with Crippen LogP contribution in [0.1, 0.15) is 5.56 Å². The second-order valence-electron chi connectivity index (χ2n) is 5.84. The molecule has 0 unspecified atom stereocenters. The lowest BCUT2D eigenvalue weighted by molar-refractivity contribution is 0.322. The fourth-order valence-corrected chi connectivity index (χ4v) is 3.55. The summed E-state index contributed by atoms with van der Waals surface area (Å²) in [4.78, 5) is 3.73. The second kappa shape index (κ2) is 11.8. The van der Waals surface area contributed by atoms with Crippen LogP contribution in [-0.4, -0.2) is 46.9 Å². The summed E-state index contributed by atoms with van der Waals surface area (Å²) in [7, 11) is -2.12.